The van der Waals surface area contributed by atoms with Gasteiger partial charge < -0.3 is 14.7 Å². The Bertz CT molecular complexity index is 1010. The van der Waals surface area contributed by atoms with Gasteiger partial charge in [-0.1, -0.05) is 13.8 Å². The van der Waals surface area contributed by atoms with Gasteiger partial charge in [-0.25, -0.2) is 9.97 Å². The maximum atomic E-state index is 12.9. The Labute approximate surface area is 188 Å². The van der Waals surface area contributed by atoms with Crippen LogP contribution in [0.5, 0.6) is 0 Å². The number of anilines is 2. The van der Waals surface area contributed by atoms with Crippen LogP contribution in [0, 0.1) is 17.0 Å². The molecule has 4 rings (SSSR count). The molecule has 2 fully saturated rings. The second-order valence-electron chi connectivity index (χ2n) is 8.81. The van der Waals surface area contributed by atoms with Crippen LogP contribution in [-0.2, 0) is 0 Å². The molecular formula is C23H30N6O3. The van der Waals surface area contributed by atoms with E-state index < -0.39 is 4.92 Å². The number of hydrogen-bond acceptors (Lipinski definition) is 7. The van der Waals surface area contributed by atoms with E-state index in [0.717, 1.165) is 62.0 Å². The molecule has 3 heterocycles. The van der Waals surface area contributed by atoms with Gasteiger partial charge in [0.05, 0.1) is 4.92 Å². The van der Waals surface area contributed by atoms with Gasteiger partial charge in [0.2, 0.25) is 0 Å². The fourth-order valence-corrected chi connectivity index (χ4v) is 4.33. The molecule has 0 radical (unpaired) electrons. The lowest BCUT2D eigenvalue weighted by molar-refractivity contribution is -0.385. The summed E-state index contributed by atoms with van der Waals surface area (Å²) in [6.07, 6.45) is 1.89. The normalized spacial score (nSPS) is 16.7. The molecule has 9 heteroatoms. The minimum absolute atomic E-state index is 0.123. The number of likely N-dealkylation sites (tertiary alicyclic amines) is 1. The van der Waals surface area contributed by atoms with Crippen LogP contribution in [0.3, 0.4) is 0 Å². The molecule has 32 heavy (non-hydrogen) atoms. The van der Waals surface area contributed by atoms with Gasteiger partial charge in [0.25, 0.3) is 11.6 Å². The van der Waals surface area contributed by atoms with E-state index in [4.69, 9.17) is 4.98 Å². The summed E-state index contributed by atoms with van der Waals surface area (Å²) in [5.41, 5.74) is 1.87. The number of aryl methyl sites for hydroxylation is 1. The molecule has 0 spiro atoms. The molecule has 1 amide bonds. The largest absolute Gasteiger partial charge is 0.368 e. The topological polar surface area (TPSA) is 95.7 Å². The van der Waals surface area contributed by atoms with E-state index in [1.807, 2.05) is 13.0 Å². The lowest BCUT2D eigenvalue weighted by atomic mass is 10.1. The lowest BCUT2D eigenvalue weighted by Crippen LogP contribution is -2.47. The molecule has 0 bridgehead atoms. The van der Waals surface area contributed by atoms with Crippen molar-refractivity contribution in [2.24, 2.45) is 0 Å². The van der Waals surface area contributed by atoms with E-state index in [1.165, 1.54) is 6.07 Å². The van der Waals surface area contributed by atoms with Crippen molar-refractivity contribution in [3.8, 4) is 0 Å². The van der Waals surface area contributed by atoms with Crippen molar-refractivity contribution in [3.05, 3.63) is 51.5 Å². The van der Waals surface area contributed by atoms with Gasteiger partial charge >= 0.3 is 0 Å². The molecule has 0 saturated carbocycles. The maximum Gasteiger partial charge on any atom is 0.282 e. The summed E-state index contributed by atoms with van der Waals surface area (Å²) in [7, 11) is 0. The Kier molecular flexibility index (Phi) is 6.25. The van der Waals surface area contributed by atoms with Gasteiger partial charge in [-0.3, -0.25) is 14.9 Å². The zero-order chi connectivity index (χ0) is 22.8. The van der Waals surface area contributed by atoms with E-state index in [-0.39, 0.29) is 23.1 Å². The molecule has 170 valence electrons. The molecular weight excluding hydrogens is 408 g/mol. The number of aromatic nitrogens is 2. The summed E-state index contributed by atoms with van der Waals surface area (Å²) >= 11 is 0. The second-order valence-corrected chi connectivity index (χ2v) is 8.81. The average Bonchev–Trinajstić information content (AvgIpc) is 3.33. The van der Waals surface area contributed by atoms with Crippen LogP contribution in [0.4, 0.5) is 17.2 Å². The highest BCUT2D eigenvalue weighted by atomic mass is 16.6. The third kappa shape index (κ3) is 4.51. The Balaban J connectivity index is 1.52. The highest BCUT2D eigenvalue weighted by Crippen LogP contribution is 2.29. The van der Waals surface area contributed by atoms with Crippen molar-refractivity contribution in [2.45, 2.75) is 39.5 Å². The maximum absolute atomic E-state index is 12.9. The van der Waals surface area contributed by atoms with Crippen LogP contribution in [0.15, 0.2) is 24.3 Å². The number of hydrogen-bond donors (Lipinski definition) is 0. The predicted octanol–water partition coefficient (Wildman–Crippen LogP) is 3.38. The van der Waals surface area contributed by atoms with E-state index in [0.29, 0.717) is 13.1 Å². The van der Waals surface area contributed by atoms with E-state index in [2.05, 4.69) is 28.6 Å². The number of benzene rings is 1. The first-order valence-electron chi connectivity index (χ1n) is 11.3. The van der Waals surface area contributed by atoms with Gasteiger partial charge in [-0.15, -0.1) is 0 Å². The number of nitrogens with zero attached hydrogens (tertiary/aromatic N) is 6. The molecule has 0 N–H and O–H groups in total. The average molecular weight is 439 g/mol. The van der Waals surface area contributed by atoms with Crippen LogP contribution in [0.25, 0.3) is 0 Å². The number of carbonyl (C=O) groups is 1. The van der Waals surface area contributed by atoms with Crippen molar-refractivity contribution in [2.75, 3.05) is 49.1 Å². The molecule has 2 saturated heterocycles. The fraction of sp³-hybridized carbons (Fsp3) is 0.522. The van der Waals surface area contributed by atoms with Gasteiger partial charge in [0, 0.05) is 68.7 Å². The van der Waals surface area contributed by atoms with Crippen LogP contribution < -0.4 is 9.80 Å². The molecule has 2 aliphatic heterocycles. The van der Waals surface area contributed by atoms with Crippen molar-refractivity contribution in [1.82, 2.24) is 14.9 Å². The van der Waals surface area contributed by atoms with E-state index in [9.17, 15) is 14.9 Å². The fourth-order valence-electron chi connectivity index (χ4n) is 4.33. The molecule has 0 unspecified atom stereocenters. The predicted molar refractivity (Wildman–Crippen MR) is 124 cm³/mol. The Morgan fingerprint density at radius 3 is 2.28 bits per heavy atom. The first-order chi connectivity index (χ1) is 15.3. The number of carbonyl (C=O) groups excluding carboxylic acids is 1. The van der Waals surface area contributed by atoms with E-state index in [1.54, 1.807) is 17.0 Å². The summed E-state index contributed by atoms with van der Waals surface area (Å²) < 4.78 is 0. The molecule has 1 aromatic carbocycles. The molecule has 9 nitrogen and oxygen atoms in total. The minimum atomic E-state index is -0.464. The minimum Gasteiger partial charge on any atom is -0.368 e. The second kappa shape index (κ2) is 9.10. The molecule has 0 atom stereocenters. The summed E-state index contributed by atoms with van der Waals surface area (Å²) in [5, 5.41) is 11.5. The zero-order valence-corrected chi connectivity index (χ0v) is 19.0. The first kappa shape index (κ1) is 22.0. The van der Waals surface area contributed by atoms with Crippen molar-refractivity contribution < 1.29 is 9.72 Å². The zero-order valence-electron chi connectivity index (χ0n) is 19.0. The molecule has 0 aliphatic carbocycles. The lowest BCUT2D eigenvalue weighted by Gasteiger charge is -2.37. The van der Waals surface area contributed by atoms with Gasteiger partial charge in [0.15, 0.2) is 0 Å². The van der Waals surface area contributed by atoms with Gasteiger partial charge in [-0.05, 0) is 31.9 Å². The SMILES string of the molecule is Cc1cc(N2CCN(c3ccc([N+](=O)[O-])c(C(=O)N4CCCC4)c3)CC2)nc(C(C)C)n1. The smallest absolute Gasteiger partial charge is 0.282 e. The molecule has 1 aromatic heterocycles. The van der Waals surface area contributed by atoms with Gasteiger partial charge in [0.1, 0.15) is 17.2 Å². The summed E-state index contributed by atoms with van der Waals surface area (Å²) in [6.45, 7) is 10.5. The Morgan fingerprint density at radius 2 is 1.66 bits per heavy atom. The summed E-state index contributed by atoms with van der Waals surface area (Å²) in [4.78, 5) is 39.4. The van der Waals surface area contributed by atoms with Crippen molar-refractivity contribution in [3.63, 3.8) is 0 Å². The first-order valence-corrected chi connectivity index (χ1v) is 11.3. The third-order valence-corrected chi connectivity index (χ3v) is 6.14. The van der Waals surface area contributed by atoms with Crippen LogP contribution in [-0.4, -0.2) is 65.0 Å². The number of amides is 1. The van der Waals surface area contributed by atoms with Crippen LogP contribution in [0.2, 0.25) is 0 Å². The van der Waals surface area contributed by atoms with Crippen molar-refractivity contribution in [1.29, 1.82) is 0 Å². The van der Waals surface area contributed by atoms with Crippen LogP contribution in [0.1, 0.15) is 54.5 Å². The number of nitro groups is 1. The van der Waals surface area contributed by atoms with Crippen LogP contribution >= 0.6 is 0 Å². The molecule has 2 aliphatic rings. The highest BCUT2D eigenvalue weighted by molar-refractivity contribution is 5.99. The number of rotatable bonds is 5. The Morgan fingerprint density at radius 1 is 1.00 bits per heavy atom. The molecule has 2 aromatic rings. The standard InChI is InChI=1S/C23H30N6O3/c1-16(2)22-24-17(3)14-21(25-22)27-12-10-26(11-13-27)18-6-7-20(29(31)32)19(15-18)23(30)28-8-4-5-9-28/h6-7,14-16H,4-5,8-13H2,1-3H3. The Hall–Kier alpha value is -3.23. The van der Waals surface area contributed by atoms with E-state index >= 15 is 0 Å². The number of piperazine rings is 1. The highest BCUT2D eigenvalue weighted by Gasteiger charge is 2.28. The third-order valence-electron chi connectivity index (χ3n) is 6.14. The quantitative estimate of drug-likeness (QED) is 0.522. The van der Waals surface area contributed by atoms with Crippen molar-refractivity contribution >= 4 is 23.1 Å². The number of nitro benzene ring substituents is 1. The summed E-state index contributed by atoms with van der Waals surface area (Å²) in [6, 6.07) is 6.92. The monoisotopic (exact) mass is 438 g/mol. The van der Waals surface area contributed by atoms with Gasteiger partial charge in [-0.2, -0.15) is 0 Å². The summed E-state index contributed by atoms with van der Waals surface area (Å²) in [5.74, 6) is 1.81.